The van der Waals surface area contributed by atoms with Crippen molar-refractivity contribution in [3.8, 4) is 0 Å². The SMILES string of the molecule is CCNC(CCN(CCO)Cc1ccccc1)c1ccccc1Br. The molecule has 0 radical (unpaired) electrons. The van der Waals surface area contributed by atoms with E-state index < -0.39 is 0 Å². The molecule has 2 rings (SSSR count). The summed E-state index contributed by atoms with van der Waals surface area (Å²) in [6, 6.07) is 19.1. The van der Waals surface area contributed by atoms with Crippen LogP contribution in [0.4, 0.5) is 0 Å². The van der Waals surface area contributed by atoms with Gasteiger partial charge in [-0.2, -0.15) is 0 Å². The molecule has 0 fully saturated rings. The summed E-state index contributed by atoms with van der Waals surface area (Å²) in [5, 5.41) is 13.0. The molecule has 2 N–H and O–H groups in total. The normalized spacial score (nSPS) is 12.5. The topological polar surface area (TPSA) is 35.5 Å². The van der Waals surface area contributed by atoms with E-state index in [2.05, 4.69) is 75.5 Å². The van der Waals surface area contributed by atoms with Crippen molar-refractivity contribution in [2.45, 2.75) is 25.9 Å². The van der Waals surface area contributed by atoms with E-state index >= 15 is 0 Å². The standard InChI is InChI=1S/C20H27BrN2O/c1-2-22-20(18-10-6-7-11-19(18)21)12-13-23(14-15-24)16-17-8-4-3-5-9-17/h3-11,20,22,24H,2,12-16H2,1H3. The second kappa shape index (κ2) is 10.6. The Labute approximate surface area is 153 Å². The Morgan fingerprint density at radius 3 is 2.42 bits per heavy atom. The number of aliphatic hydroxyl groups is 1. The highest BCUT2D eigenvalue weighted by molar-refractivity contribution is 9.10. The summed E-state index contributed by atoms with van der Waals surface area (Å²) >= 11 is 3.66. The minimum Gasteiger partial charge on any atom is -0.395 e. The molecule has 0 saturated carbocycles. The summed E-state index contributed by atoms with van der Waals surface area (Å²) in [4.78, 5) is 2.32. The molecule has 0 aromatic heterocycles. The number of aliphatic hydroxyl groups excluding tert-OH is 1. The molecule has 1 atom stereocenters. The predicted octanol–water partition coefficient (Wildman–Crippen LogP) is 3.98. The van der Waals surface area contributed by atoms with Gasteiger partial charge in [0.1, 0.15) is 0 Å². The fourth-order valence-corrected chi connectivity index (χ4v) is 3.50. The van der Waals surface area contributed by atoms with Crippen molar-refractivity contribution in [3.63, 3.8) is 0 Å². The first-order valence-corrected chi connectivity index (χ1v) is 9.38. The zero-order valence-electron chi connectivity index (χ0n) is 14.3. The van der Waals surface area contributed by atoms with Crippen molar-refractivity contribution in [2.24, 2.45) is 0 Å². The van der Waals surface area contributed by atoms with Crippen LogP contribution in [0.3, 0.4) is 0 Å². The van der Waals surface area contributed by atoms with Crippen LogP contribution in [0.25, 0.3) is 0 Å². The molecule has 0 aliphatic heterocycles. The van der Waals surface area contributed by atoms with E-state index in [1.165, 1.54) is 11.1 Å². The largest absolute Gasteiger partial charge is 0.395 e. The van der Waals surface area contributed by atoms with Crippen LogP contribution < -0.4 is 5.32 Å². The Bertz CT molecular complexity index is 591. The summed E-state index contributed by atoms with van der Waals surface area (Å²) in [7, 11) is 0. The molecule has 0 bridgehead atoms. The molecule has 0 amide bonds. The van der Waals surface area contributed by atoms with E-state index in [-0.39, 0.29) is 6.61 Å². The molecule has 2 aromatic rings. The second-order valence-electron chi connectivity index (χ2n) is 5.91. The van der Waals surface area contributed by atoms with Crippen LogP contribution in [0.5, 0.6) is 0 Å². The van der Waals surface area contributed by atoms with Crippen molar-refractivity contribution in [1.29, 1.82) is 0 Å². The number of nitrogens with one attached hydrogen (secondary N) is 1. The van der Waals surface area contributed by atoms with Crippen LogP contribution in [0.1, 0.15) is 30.5 Å². The molecule has 3 nitrogen and oxygen atoms in total. The van der Waals surface area contributed by atoms with Crippen molar-refractivity contribution in [2.75, 3.05) is 26.2 Å². The van der Waals surface area contributed by atoms with Crippen molar-refractivity contribution >= 4 is 15.9 Å². The third-order valence-electron chi connectivity index (χ3n) is 4.13. The molecule has 2 aromatic carbocycles. The third kappa shape index (κ3) is 6.02. The average molecular weight is 391 g/mol. The van der Waals surface area contributed by atoms with Crippen LogP contribution in [0.15, 0.2) is 59.1 Å². The van der Waals surface area contributed by atoms with Gasteiger partial charge in [-0.3, -0.25) is 4.90 Å². The van der Waals surface area contributed by atoms with E-state index in [0.717, 1.165) is 30.5 Å². The van der Waals surface area contributed by atoms with Gasteiger partial charge in [0, 0.05) is 30.1 Å². The molecule has 0 aliphatic carbocycles. The van der Waals surface area contributed by atoms with Gasteiger partial charge in [-0.15, -0.1) is 0 Å². The molecule has 1 unspecified atom stereocenters. The van der Waals surface area contributed by atoms with Gasteiger partial charge in [-0.05, 0) is 30.2 Å². The van der Waals surface area contributed by atoms with Crippen molar-refractivity contribution < 1.29 is 5.11 Å². The number of hydrogen-bond donors (Lipinski definition) is 2. The lowest BCUT2D eigenvalue weighted by Gasteiger charge is -2.26. The van der Waals surface area contributed by atoms with Crippen LogP contribution in [-0.4, -0.2) is 36.2 Å². The Balaban J connectivity index is 2.01. The van der Waals surface area contributed by atoms with Crippen LogP contribution in [-0.2, 0) is 6.54 Å². The Morgan fingerprint density at radius 2 is 1.75 bits per heavy atom. The smallest absolute Gasteiger partial charge is 0.0558 e. The van der Waals surface area contributed by atoms with E-state index in [1.807, 2.05) is 12.1 Å². The number of halogens is 1. The van der Waals surface area contributed by atoms with Gasteiger partial charge in [0.25, 0.3) is 0 Å². The molecule has 0 saturated heterocycles. The third-order valence-corrected chi connectivity index (χ3v) is 4.85. The first-order valence-electron chi connectivity index (χ1n) is 8.59. The minimum absolute atomic E-state index is 0.188. The predicted molar refractivity (Wildman–Crippen MR) is 104 cm³/mol. The van der Waals surface area contributed by atoms with Crippen LogP contribution in [0, 0.1) is 0 Å². The summed E-state index contributed by atoms with van der Waals surface area (Å²) < 4.78 is 1.15. The number of nitrogens with zero attached hydrogens (tertiary/aromatic N) is 1. The molecular weight excluding hydrogens is 364 g/mol. The fraction of sp³-hybridized carbons (Fsp3) is 0.400. The average Bonchev–Trinajstić information content (AvgIpc) is 2.60. The first-order chi connectivity index (χ1) is 11.7. The van der Waals surface area contributed by atoms with Gasteiger partial charge in [-0.1, -0.05) is 71.4 Å². The molecule has 130 valence electrons. The van der Waals surface area contributed by atoms with Crippen LogP contribution in [0.2, 0.25) is 0 Å². The summed E-state index contributed by atoms with van der Waals surface area (Å²) in [6.07, 6.45) is 1.00. The highest BCUT2D eigenvalue weighted by atomic mass is 79.9. The Hall–Kier alpha value is -1.20. The van der Waals surface area contributed by atoms with Crippen molar-refractivity contribution in [3.05, 3.63) is 70.2 Å². The van der Waals surface area contributed by atoms with Gasteiger partial charge < -0.3 is 10.4 Å². The molecule has 0 aliphatic rings. The molecule has 4 heteroatoms. The minimum atomic E-state index is 0.188. The van der Waals surface area contributed by atoms with Gasteiger partial charge >= 0.3 is 0 Å². The maximum absolute atomic E-state index is 9.38. The summed E-state index contributed by atoms with van der Waals surface area (Å²) in [5.74, 6) is 0. The Kier molecular flexibility index (Phi) is 8.47. The number of hydrogen-bond acceptors (Lipinski definition) is 3. The fourth-order valence-electron chi connectivity index (χ4n) is 2.94. The first kappa shape index (κ1) is 19.1. The zero-order valence-corrected chi connectivity index (χ0v) is 15.9. The van der Waals surface area contributed by atoms with Crippen molar-refractivity contribution in [1.82, 2.24) is 10.2 Å². The van der Waals surface area contributed by atoms with Crippen LogP contribution >= 0.6 is 15.9 Å². The maximum Gasteiger partial charge on any atom is 0.0558 e. The lowest BCUT2D eigenvalue weighted by molar-refractivity contribution is 0.183. The zero-order chi connectivity index (χ0) is 17.2. The molecule has 0 heterocycles. The molecule has 0 spiro atoms. The highest BCUT2D eigenvalue weighted by Crippen LogP contribution is 2.25. The maximum atomic E-state index is 9.38. The van der Waals surface area contributed by atoms with Gasteiger partial charge in [0.2, 0.25) is 0 Å². The van der Waals surface area contributed by atoms with E-state index in [9.17, 15) is 5.11 Å². The second-order valence-corrected chi connectivity index (χ2v) is 6.76. The van der Waals surface area contributed by atoms with Gasteiger partial charge in [-0.25, -0.2) is 0 Å². The Morgan fingerprint density at radius 1 is 1.04 bits per heavy atom. The lowest BCUT2D eigenvalue weighted by Crippen LogP contribution is -2.31. The number of rotatable bonds is 10. The van der Waals surface area contributed by atoms with E-state index in [1.54, 1.807) is 0 Å². The lowest BCUT2D eigenvalue weighted by atomic mass is 10.0. The summed E-state index contributed by atoms with van der Waals surface area (Å²) in [5.41, 5.74) is 2.58. The van der Waals surface area contributed by atoms with Gasteiger partial charge in [0.05, 0.1) is 6.61 Å². The quantitative estimate of drug-likeness (QED) is 0.643. The molecular formula is C20H27BrN2O. The van der Waals surface area contributed by atoms with Gasteiger partial charge in [0.15, 0.2) is 0 Å². The summed E-state index contributed by atoms with van der Waals surface area (Å²) in [6.45, 7) is 5.77. The van der Waals surface area contributed by atoms with E-state index in [4.69, 9.17) is 0 Å². The molecule has 24 heavy (non-hydrogen) atoms. The number of benzene rings is 2. The van der Waals surface area contributed by atoms with E-state index in [0.29, 0.717) is 12.6 Å². The highest BCUT2D eigenvalue weighted by Gasteiger charge is 2.15. The monoisotopic (exact) mass is 390 g/mol.